The van der Waals surface area contributed by atoms with Crippen LogP contribution < -0.4 is 10.6 Å². The van der Waals surface area contributed by atoms with Gasteiger partial charge in [0.05, 0.1) is 5.92 Å². The molecule has 2 amide bonds. The summed E-state index contributed by atoms with van der Waals surface area (Å²) in [5, 5.41) is 5.92. The molecule has 1 saturated heterocycles. The van der Waals surface area contributed by atoms with E-state index < -0.39 is 0 Å². The molecule has 148 valence electrons. The van der Waals surface area contributed by atoms with E-state index in [-0.39, 0.29) is 23.8 Å². The van der Waals surface area contributed by atoms with E-state index in [0.29, 0.717) is 11.6 Å². The summed E-state index contributed by atoms with van der Waals surface area (Å²) in [6.07, 6.45) is 8.65. The van der Waals surface area contributed by atoms with E-state index in [1.807, 2.05) is 26.0 Å². The molecule has 2 N–H and O–H groups in total. The van der Waals surface area contributed by atoms with Gasteiger partial charge in [-0.3, -0.25) is 14.5 Å². The van der Waals surface area contributed by atoms with Gasteiger partial charge in [-0.25, -0.2) is 0 Å². The zero-order chi connectivity index (χ0) is 19.2. The number of hydrogen-bond donors (Lipinski definition) is 2. The van der Waals surface area contributed by atoms with Gasteiger partial charge in [0.25, 0.3) is 5.91 Å². The van der Waals surface area contributed by atoms with Gasteiger partial charge in [0, 0.05) is 29.9 Å². The van der Waals surface area contributed by atoms with Gasteiger partial charge in [0.1, 0.15) is 0 Å². The number of nitrogens with one attached hydrogen (secondary N) is 2. The summed E-state index contributed by atoms with van der Waals surface area (Å²) in [5.74, 6) is 0.0813. The topological polar surface area (TPSA) is 61.4 Å². The summed E-state index contributed by atoms with van der Waals surface area (Å²) >= 11 is 0. The first-order valence-electron chi connectivity index (χ1n) is 10.5. The zero-order valence-electron chi connectivity index (χ0n) is 16.7. The number of hydrogen-bond acceptors (Lipinski definition) is 3. The number of carbonyl (C=O) groups is 2. The van der Waals surface area contributed by atoms with Crippen molar-refractivity contribution in [2.24, 2.45) is 5.92 Å². The predicted octanol–water partition coefficient (Wildman–Crippen LogP) is 3.81. The highest BCUT2D eigenvalue weighted by atomic mass is 16.2. The molecule has 0 bridgehead atoms. The Kier molecular flexibility index (Phi) is 6.89. The van der Waals surface area contributed by atoms with Gasteiger partial charge in [-0.15, -0.1) is 0 Å². The lowest BCUT2D eigenvalue weighted by atomic mass is 9.90. The molecule has 1 aliphatic heterocycles. The minimum Gasteiger partial charge on any atom is -0.350 e. The Morgan fingerprint density at radius 1 is 1.00 bits per heavy atom. The summed E-state index contributed by atoms with van der Waals surface area (Å²) in [6, 6.07) is 7.94. The minimum atomic E-state index is -0.0849. The van der Waals surface area contributed by atoms with Crippen LogP contribution in [0.4, 0.5) is 5.69 Å². The SMILES string of the molecule is CC(C)NC(=O)c1ccc(NC(=O)C2CCCN(C3CCCCC3)C2)cc1. The number of benzene rings is 1. The van der Waals surface area contributed by atoms with Crippen molar-refractivity contribution in [1.29, 1.82) is 0 Å². The van der Waals surface area contributed by atoms with Crippen LogP contribution in [0.5, 0.6) is 0 Å². The molecule has 1 unspecified atom stereocenters. The summed E-state index contributed by atoms with van der Waals surface area (Å²) in [4.78, 5) is 27.3. The highest BCUT2D eigenvalue weighted by Gasteiger charge is 2.30. The van der Waals surface area contributed by atoms with Crippen molar-refractivity contribution in [3.8, 4) is 0 Å². The lowest BCUT2D eigenvalue weighted by Gasteiger charge is -2.39. The molecule has 0 radical (unpaired) electrons. The maximum Gasteiger partial charge on any atom is 0.251 e. The maximum atomic E-state index is 12.7. The summed E-state index contributed by atoms with van der Waals surface area (Å²) in [6.45, 7) is 5.89. The van der Waals surface area contributed by atoms with Crippen LogP contribution in [0.2, 0.25) is 0 Å². The molecule has 2 fully saturated rings. The summed E-state index contributed by atoms with van der Waals surface area (Å²) in [5.41, 5.74) is 1.37. The van der Waals surface area contributed by atoms with Crippen molar-refractivity contribution in [3.63, 3.8) is 0 Å². The van der Waals surface area contributed by atoms with E-state index >= 15 is 0 Å². The van der Waals surface area contributed by atoms with Gasteiger partial charge in [-0.05, 0) is 70.3 Å². The fourth-order valence-electron chi connectivity index (χ4n) is 4.29. The van der Waals surface area contributed by atoms with Gasteiger partial charge < -0.3 is 10.6 Å². The number of likely N-dealkylation sites (tertiary alicyclic amines) is 1. The van der Waals surface area contributed by atoms with E-state index in [9.17, 15) is 9.59 Å². The average molecular weight is 372 g/mol. The molecule has 1 saturated carbocycles. The van der Waals surface area contributed by atoms with Crippen LogP contribution in [0, 0.1) is 5.92 Å². The van der Waals surface area contributed by atoms with Gasteiger partial charge >= 0.3 is 0 Å². The Morgan fingerprint density at radius 3 is 2.37 bits per heavy atom. The van der Waals surface area contributed by atoms with Gasteiger partial charge in [-0.2, -0.15) is 0 Å². The maximum absolute atomic E-state index is 12.7. The summed E-state index contributed by atoms with van der Waals surface area (Å²) < 4.78 is 0. The highest BCUT2D eigenvalue weighted by Crippen LogP contribution is 2.27. The first kappa shape index (κ1) is 19.9. The van der Waals surface area contributed by atoms with E-state index in [1.165, 1.54) is 32.1 Å². The van der Waals surface area contributed by atoms with Gasteiger partial charge in [0.15, 0.2) is 0 Å². The van der Waals surface area contributed by atoms with Crippen molar-refractivity contribution < 1.29 is 9.59 Å². The van der Waals surface area contributed by atoms with Gasteiger partial charge in [-0.1, -0.05) is 19.3 Å². The number of amides is 2. The molecule has 1 heterocycles. The van der Waals surface area contributed by atoms with Crippen molar-refractivity contribution in [1.82, 2.24) is 10.2 Å². The molecular weight excluding hydrogens is 338 g/mol. The predicted molar refractivity (Wildman–Crippen MR) is 109 cm³/mol. The first-order chi connectivity index (χ1) is 13.0. The second-order valence-electron chi connectivity index (χ2n) is 8.32. The van der Waals surface area contributed by atoms with Crippen LogP contribution >= 0.6 is 0 Å². The average Bonchev–Trinajstić information content (AvgIpc) is 2.69. The Bertz CT molecular complexity index is 635. The molecular formula is C22H33N3O2. The van der Waals surface area contributed by atoms with Crippen molar-refractivity contribution in [3.05, 3.63) is 29.8 Å². The van der Waals surface area contributed by atoms with Crippen LogP contribution in [0.15, 0.2) is 24.3 Å². The second-order valence-corrected chi connectivity index (χ2v) is 8.32. The fraction of sp³-hybridized carbons (Fsp3) is 0.636. The van der Waals surface area contributed by atoms with Crippen LogP contribution in [-0.2, 0) is 4.79 Å². The minimum absolute atomic E-state index is 0.0598. The van der Waals surface area contributed by atoms with E-state index in [2.05, 4.69) is 15.5 Å². The highest BCUT2D eigenvalue weighted by molar-refractivity contribution is 5.96. The number of rotatable bonds is 5. The van der Waals surface area contributed by atoms with E-state index in [0.717, 1.165) is 31.6 Å². The number of anilines is 1. The normalized spacial score (nSPS) is 21.8. The third kappa shape index (κ3) is 5.55. The molecule has 5 nitrogen and oxygen atoms in total. The molecule has 1 aromatic rings. The Hall–Kier alpha value is -1.88. The fourth-order valence-corrected chi connectivity index (χ4v) is 4.29. The number of nitrogens with zero attached hydrogens (tertiary/aromatic N) is 1. The smallest absolute Gasteiger partial charge is 0.251 e. The number of carbonyl (C=O) groups excluding carboxylic acids is 2. The standard InChI is InChI=1S/C22H33N3O2/c1-16(2)23-21(26)17-10-12-19(13-11-17)24-22(27)18-7-6-14-25(15-18)20-8-4-3-5-9-20/h10-13,16,18,20H,3-9,14-15H2,1-2H3,(H,23,26)(H,24,27). The number of piperidine rings is 1. The molecule has 1 aromatic carbocycles. The molecule has 5 heteroatoms. The quantitative estimate of drug-likeness (QED) is 0.827. The molecule has 3 rings (SSSR count). The molecule has 0 spiro atoms. The zero-order valence-corrected chi connectivity index (χ0v) is 16.7. The second kappa shape index (κ2) is 9.36. The van der Waals surface area contributed by atoms with E-state index in [1.54, 1.807) is 12.1 Å². The molecule has 1 aliphatic carbocycles. The van der Waals surface area contributed by atoms with E-state index in [4.69, 9.17) is 0 Å². The monoisotopic (exact) mass is 371 g/mol. The van der Waals surface area contributed by atoms with Crippen molar-refractivity contribution in [2.45, 2.75) is 70.9 Å². The molecule has 1 atom stereocenters. The lowest BCUT2D eigenvalue weighted by molar-refractivity contribution is -0.121. The molecule has 27 heavy (non-hydrogen) atoms. The van der Waals surface area contributed by atoms with Crippen LogP contribution in [0.1, 0.15) is 69.2 Å². The Labute approximate surface area is 162 Å². The summed E-state index contributed by atoms with van der Waals surface area (Å²) in [7, 11) is 0. The van der Waals surface area contributed by atoms with Crippen LogP contribution in [0.3, 0.4) is 0 Å². The van der Waals surface area contributed by atoms with Crippen molar-refractivity contribution in [2.75, 3.05) is 18.4 Å². The third-order valence-corrected chi connectivity index (χ3v) is 5.75. The van der Waals surface area contributed by atoms with Gasteiger partial charge in [0.2, 0.25) is 5.91 Å². The van der Waals surface area contributed by atoms with Crippen molar-refractivity contribution >= 4 is 17.5 Å². The molecule has 2 aliphatic rings. The molecule has 0 aromatic heterocycles. The Balaban J connectivity index is 1.54. The van der Waals surface area contributed by atoms with Crippen LogP contribution in [0.25, 0.3) is 0 Å². The lowest BCUT2D eigenvalue weighted by Crippen LogP contribution is -2.46. The largest absolute Gasteiger partial charge is 0.350 e. The third-order valence-electron chi connectivity index (χ3n) is 5.75. The van der Waals surface area contributed by atoms with Crippen LogP contribution in [-0.4, -0.2) is 41.9 Å². The first-order valence-corrected chi connectivity index (χ1v) is 10.5. The Morgan fingerprint density at radius 2 is 1.70 bits per heavy atom.